The number of halogens is 1. The number of hydrogen-bond acceptors (Lipinski definition) is 2. The normalized spacial score (nSPS) is 17.9. The molecule has 3 nitrogen and oxygen atoms in total. The Morgan fingerprint density at radius 3 is 2.75 bits per heavy atom. The van der Waals surface area contributed by atoms with Gasteiger partial charge in [-0.2, -0.15) is 0 Å². The van der Waals surface area contributed by atoms with Gasteiger partial charge in [-0.25, -0.2) is 0 Å². The van der Waals surface area contributed by atoms with Crippen molar-refractivity contribution in [1.82, 2.24) is 5.32 Å². The fourth-order valence-corrected chi connectivity index (χ4v) is 1.76. The largest absolute Gasteiger partial charge is 0.324 e. The molecule has 88 valence electrons. The van der Waals surface area contributed by atoms with Gasteiger partial charge < -0.3 is 10.6 Å². The Morgan fingerprint density at radius 2 is 2.06 bits per heavy atom. The molecule has 1 aliphatic rings. The van der Waals surface area contributed by atoms with Crippen molar-refractivity contribution in [2.24, 2.45) is 5.92 Å². The summed E-state index contributed by atoms with van der Waals surface area (Å²) in [5.41, 5.74) is 1.99. The van der Waals surface area contributed by atoms with Crippen LogP contribution in [0.15, 0.2) is 24.3 Å². The van der Waals surface area contributed by atoms with Gasteiger partial charge in [0.2, 0.25) is 5.91 Å². The number of nitrogens with one attached hydrogen (secondary N) is 2. The summed E-state index contributed by atoms with van der Waals surface area (Å²) in [6.07, 6.45) is 0. The van der Waals surface area contributed by atoms with E-state index in [9.17, 15) is 4.79 Å². The van der Waals surface area contributed by atoms with Crippen molar-refractivity contribution in [3.8, 4) is 0 Å². The summed E-state index contributed by atoms with van der Waals surface area (Å²) >= 11 is 0. The van der Waals surface area contributed by atoms with Crippen LogP contribution >= 0.6 is 12.4 Å². The highest BCUT2D eigenvalue weighted by molar-refractivity contribution is 6.02. The van der Waals surface area contributed by atoms with E-state index in [1.165, 1.54) is 0 Å². The van der Waals surface area contributed by atoms with Gasteiger partial charge in [0.25, 0.3) is 0 Å². The standard InChI is InChI=1S/C12H16N2O.ClH/c1-8(2)7-13-11-9-5-3-4-6-10(9)14-12(11)15;/h3-6,8,11,13H,7H2,1-2H3,(H,14,15);1H. The predicted octanol–water partition coefficient (Wildman–Crippen LogP) is 2.35. The Balaban J connectivity index is 0.00000128. The molecule has 0 aliphatic carbocycles. The van der Waals surface area contributed by atoms with E-state index < -0.39 is 0 Å². The molecule has 1 amide bonds. The smallest absolute Gasteiger partial charge is 0.246 e. The average molecular weight is 241 g/mol. The van der Waals surface area contributed by atoms with Gasteiger partial charge >= 0.3 is 0 Å². The number of anilines is 1. The van der Waals surface area contributed by atoms with Crippen molar-refractivity contribution >= 4 is 24.0 Å². The second-order valence-electron chi connectivity index (χ2n) is 4.31. The van der Waals surface area contributed by atoms with Gasteiger partial charge in [-0.3, -0.25) is 4.79 Å². The summed E-state index contributed by atoms with van der Waals surface area (Å²) < 4.78 is 0. The maximum absolute atomic E-state index is 11.7. The summed E-state index contributed by atoms with van der Waals surface area (Å²) in [7, 11) is 0. The second kappa shape index (κ2) is 5.32. The van der Waals surface area contributed by atoms with Crippen molar-refractivity contribution in [3.05, 3.63) is 29.8 Å². The highest BCUT2D eigenvalue weighted by Gasteiger charge is 2.29. The maximum atomic E-state index is 11.7. The summed E-state index contributed by atoms with van der Waals surface area (Å²) in [5.74, 6) is 0.599. The van der Waals surface area contributed by atoms with Crippen molar-refractivity contribution in [1.29, 1.82) is 0 Å². The number of rotatable bonds is 3. The summed E-state index contributed by atoms with van der Waals surface area (Å²) in [4.78, 5) is 11.7. The fraction of sp³-hybridized carbons (Fsp3) is 0.417. The summed E-state index contributed by atoms with van der Waals surface area (Å²) in [6.45, 7) is 5.12. The molecule has 2 rings (SSSR count). The van der Waals surface area contributed by atoms with E-state index in [1.54, 1.807) is 0 Å². The van der Waals surface area contributed by atoms with Crippen LogP contribution in [0.3, 0.4) is 0 Å². The molecular formula is C12H17ClN2O. The van der Waals surface area contributed by atoms with Gasteiger partial charge in [-0.1, -0.05) is 32.0 Å². The van der Waals surface area contributed by atoms with Crippen molar-refractivity contribution < 1.29 is 4.79 Å². The lowest BCUT2D eigenvalue weighted by atomic mass is 10.1. The topological polar surface area (TPSA) is 41.1 Å². The van der Waals surface area contributed by atoms with Gasteiger partial charge in [0.1, 0.15) is 6.04 Å². The Labute approximate surface area is 102 Å². The first-order valence-electron chi connectivity index (χ1n) is 5.31. The van der Waals surface area contributed by atoms with Crippen LogP contribution in [0.5, 0.6) is 0 Å². The van der Waals surface area contributed by atoms with E-state index in [-0.39, 0.29) is 24.4 Å². The Bertz CT molecular complexity index is 379. The maximum Gasteiger partial charge on any atom is 0.246 e. The molecular weight excluding hydrogens is 224 g/mol. The monoisotopic (exact) mass is 240 g/mol. The van der Waals surface area contributed by atoms with Gasteiger partial charge in [0, 0.05) is 11.3 Å². The van der Waals surface area contributed by atoms with Crippen molar-refractivity contribution in [3.63, 3.8) is 0 Å². The minimum atomic E-state index is -0.177. The van der Waals surface area contributed by atoms with Crippen LogP contribution in [-0.2, 0) is 4.79 Å². The minimum absolute atomic E-state index is 0. The number of para-hydroxylation sites is 1. The molecule has 0 radical (unpaired) electrons. The van der Waals surface area contributed by atoms with Crippen molar-refractivity contribution in [2.45, 2.75) is 19.9 Å². The molecule has 1 atom stereocenters. The predicted molar refractivity (Wildman–Crippen MR) is 67.9 cm³/mol. The van der Waals surface area contributed by atoms with Crippen molar-refractivity contribution in [2.75, 3.05) is 11.9 Å². The lowest BCUT2D eigenvalue weighted by Crippen LogP contribution is -2.30. The molecule has 0 spiro atoms. The molecule has 1 aliphatic heterocycles. The third-order valence-corrected chi connectivity index (χ3v) is 2.52. The first kappa shape index (κ1) is 13.0. The fourth-order valence-electron chi connectivity index (χ4n) is 1.76. The van der Waals surface area contributed by atoms with Gasteiger partial charge in [-0.05, 0) is 18.5 Å². The van der Waals surface area contributed by atoms with E-state index in [0.717, 1.165) is 17.8 Å². The van der Waals surface area contributed by atoms with E-state index in [2.05, 4.69) is 24.5 Å². The summed E-state index contributed by atoms with van der Waals surface area (Å²) in [5, 5.41) is 6.14. The lowest BCUT2D eigenvalue weighted by molar-refractivity contribution is -0.117. The zero-order valence-corrected chi connectivity index (χ0v) is 10.3. The molecule has 16 heavy (non-hydrogen) atoms. The molecule has 0 bridgehead atoms. The van der Waals surface area contributed by atoms with Crippen LogP contribution < -0.4 is 10.6 Å². The van der Waals surface area contributed by atoms with E-state index in [1.807, 2.05) is 24.3 Å². The number of amides is 1. The molecule has 0 saturated heterocycles. The van der Waals surface area contributed by atoms with E-state index >= 15 is 0 Å². The lowest BCUT2D eigenvalue weighted by Gasteiger charge is -2.12. The zero-order chi connectivity index (χ0) is 10.8. The SMILES string of the molecule is CC(C)CNC1C(=O)Nc2ccccc21.Cl. The number of hydrogen-bond donors (Lipinski definition) is 2. The molecule has 1 aromatic rings. The van der Waals surface area contributed by atoms with E-state index in [0.29, 0.717) is 5.92 Å². The highest BCUT2D eigenvalue weighted by atomic mass is 35.5. The molecule has 1 heterocycles. The van der Waals surface area contributed by atoms with Gasteiger partial charge in [-0.15, -0.1) is 12.4 Å². The van der Waals surface area contributed by atoms with Crippen LogP contribution in [0.1, 0.15) is 25.5 Å². The second-order valence-corrected chi connectivity index (χ2v) is 4.31. The Morgan fingerprint density at radius 1 is 1.38 bits per heavy atom. The highest BCUT2D eigenvalue weighted by Crippen LogP contribution is 2.29. The number of carbonyl (C=O) groups excluding carboxylic acids is 1. The molecule has 4 heteroatoms. The van der Waals surface area contributed by atoms with Crippen LogP contribution in [0.4, 0.5) is 5.69 Å². The first-order valence-corrected chi connectivity index (χ1v) is 5.31. The minimum Gasteiger partial charge on any atom is -0.324 e. The zero-order valence-electron chi connectivity index (χ0n) is 9.49. The molecule has 0 fully saturated rings. The van der Waals surface area contributed by atoms with E-state index in [4.69, 9.17) is 0 Å². The van der Waals surface area contributed by atoms with Gasteiger partial charge in [0.15, 0.2) is 0 Å². The number of benzene rings is 1. The molecule has 0 saturated carbocycles. The molecule has 0 aromatic heterocycles. The molecule has 2 N–H and O–H groups in total. The quantitative estimate of drug-likeness (QED) is 0.852. The average Bonchev–Trinajstić information content (AvgIpc) is 2.50. The Hall–Kier alpha value is -1.06. The summed E-state index contributed by atoms with van der Waals surface area (Å²) in [6, 6.07) is 7.64. The molecule has 1 unspecified atom stereocenters. The molecule has 1 aromatic carbocycles. The number of carbonyl (C=O) groups is 1. The first-order chi connectivity index (χ1) is 7.18. The van der Waals surface area contributed by atoms with Crippen LogP contribution in [0, 0.1) is 5.92 Å². The Kier molecular flexibility index (Phi) is 4.33. The van der Waals surface area contributed by atoms with Crippen LogP contribution in [0.2, 0.25) is 0 Å². The number of fused-ring (bicyclic) bond motifs is 1. The van der Waals surface area contributed by atoms with Crippen LogP contribution in [0.25, 0.3) is 0 Å². The van der Waals surface area contributed by atoms with Gasteiger partial charge in [0.05, 0.1) is 0 Å². The third kappa shape index (κ3) is 2.54. The van der Waals surface area contributed by atoms with Crippen LogP contribution in [-0.4, -0.2) is 12.5 Å². The third-order valence-electron chi connectivity index (χ3n) is 2.52.